The number of nitro groups is 1. The summed E-state index contributed by atoms with van der Waals surface area (Å²) in [4.78, 5) is 17.2. The zero-order valence-electron chi connectivity index (χ0n) is 17.2. The molecular weight excluding hydrogens is 358 g/mol. The van der Waals surface area contributed by atoms with Gasteiger partial charge < -0.3 is 15.4 Å². The maximum absolute atomic E-state index is 10.8. The number of hydrogen-bond donors (Lipinski definition) is 2. The van der Waals surface area contributed by atoms with Gasteiger partial charge in [-0.25, -0.2) is 0 Å². The molecule has 8 nitrogen and oxygen atoms in total. The Balaban J connectivity index is 1.91. The summed E-state index contributed by atoms with van der Waals surface area (Å²) in [7, 11) is 1.76. The first-order valence-corrected chi connectivity index (χ1v) is 10.1. The van der Waals surface area contributed by atoms with E-state index in [1.54, 1.807) is 19.2 Å². The van der Waals surface area contributed by atoms with Gasteiger partial charge >= 0.3 is 0 Å². The zero-order valence-corrected chi connectivity index (χ0v) is 17.2. The average Bonchev–Trinajstić information content (AvgIpc) is 2.74. The summed E-state index contributed by atoms with van der Waals surface area (Å²) in [5.41, 5.74) is 1.07. The van der Waals surface area contributed by atoms with Crippen LogP contribution in [0.3, 0.4) is 0 Å². The first kappa shape index (κ1) is 22.1. The minimum atomic E-state index is -0.388. The molecular formula is C20H33N5O3. The number of nitro benzene ring substituents is 1. The summed E-state index contributed by atoms with van der Waals surface area (Å²) in [6.07, 6.45) is 2.30. The molecule has 0 radical (unpaired) electrons. The van der Waals surface area contributed by atoms with Crippen LogP contribution in [-0.4, -0.2) is 61.7 Å². The molecule has 1 unspecified atom stereocenters. The summed E-state index contributed by atoms with van der Waals surface area (Å²) >= 11 is 0. The van der Waals surface area contributed by atoms with Crippen molar-refractivity contribution in [3.63, 3.8) is 0 Å². The minimum absolute atomic E-state index is 0.102. The fourth-order valence-corrected chi connectivity index (χ4v) is 3.68. The van der Waals surface area contributed by atoms with Crippen LogP contribution in [0.15, 0.2) is 29.3 Å². The average molecular weight is 392 g/mol. The van der Waals surface area contributed by atoms with Gasteiger partial charge in [0.2, 0.25) is 0 Å². The lowest BCUT2D eigenvalue weighted by Gasteiger charge is -2.39. The number of benzene rings is 1. The zero-order chi connectivity index (χ0) is 20.4. The number of morpholine rings is 1. The smallest absolute Gasteiger partial charge is 0.269 e. The summed E-state index contributed by atoms with van der Waals surface area (Å²) < 4.78 is 5.51. The van der Waals surface area contributed by atoms with Crippen LogP contribution in [0.1, 0.15) is 32.3 Å². The van der Waals surface area contributed by atoms with Crippen molar-refractivity contribution >= 4 is 11.6 Å². The highest BCUT2D eigenvalue weighted by Crippen LogP contribution is 2.19. The number of guanidine groups is 1. The van der Waals surface area contributed by atoms with E-state index < -0.39 is 0 Å². The first-order chi connectivity index (χ1) is 13.6. The van der Waals surface area contributed by atoms with Gasteiger partial charge in [-0.3, -0.25) is 20.0 Å². The molecule has 1 atom stereocenters. The molecule has 0 saturated carbocycles. The van der Waals surface area contributed by atoms with Crippen LogP contribution < -0.4 is 10.6 Å². The number of ether oxygens (including phenoxy) is 1. The Hall–Kier alpha value is -2.19. The fourth-order valence-electron chi connectivity index (χ4n) is 3.68. The van der Waals surface area contributed by atoms with Crippen molar-refractivity contribution in [3.8, 4) is 0 Å². The highest BCUT2D eigenvalue weighted by molar-refractivity contribution is 5.79. The van der Waals surface area contributed by atoms with Crippen LogP contribution in [0, 0.1) is 16.0 Å². The predicted molar refractivity (Wildman–Crippen MR) is 112 cm³/mol. The van der Waals surface area contributed by atoms with Gasteiger partial charge in [0.1, 0.15) is 0 Å². The third-order valence-electron chi connectivity index (χ3n) is 5.42. The molecule has 1 aromatic rings. The molecule has 1 heterocycles. The van der Waals surface area contributed by atoms with Gasteiger partial charge in [0.05, 0.1) is 18.1 Å². The second-order valence-corrected chi connectivity index (χ2v) is 7.02. The Morgan fingerprint density at radius 1 is 1.21 bits per heavy atom. The molecule has 0 amide bonds. The Kier molecular flexibility index (Phi) is 9.16. The Morgan fingerprint density at radius 2 is 1.86 bits per heavy atom. The molecule has 28 heavy (non-hydrogen) atoms. The van der Waals surface area contributed by atoms with Gasteiger partial charge in [-0.05, 0) is 11.5 Å². The van der Waals surface area contributed by atoms with Crippen molar-refractivity contribution in [3.05, 3.63) is 39.9 Å². The normalized spacial score (nSPS) is 16.8. The third-order valence-corrected chi connectivity index (χ3v) is 5.42. The van der Waals surface area contributed by atoms with Gasteiger partial charge in [-0.15, -0.1) is 0 Å². The molecule has 0 spiro atoms. The van der Waals surface area contributed by atoms with Crippen LogP contribution in [0.5, 0.6) is 0 Å². The van der Waals surface area contributed by atoms with E-state index in [0.29, 0.717) is 18.5 Å². The monoisotopic (exact) mass is 391 g/mol. The van der Waals surface area contributed by atoms with E-state index >= 15 is 0 Å². The summed E-state index contributed by atoms with van der Waals surface area (Å²) in [6.45, 7) is 9.42. The molecule has 0 aromatic heterocycles. The van der Waals surface area contributed by atoms with E-state index in [-0.39, 0.29) is 10.6 Å². The lowest BCUT2D eigenvalue weighted by atomic mass is 9.92. The lowest BCUT2D eigenvalue weighted by Crippen LogP contribution is -2.53. The minimum Gasteiger partial charge on any atom is -0.379 e. The van der Waals surface area contributed by atoms with Crippen molar-refractivity contribution < 1.29 is 9.66 Å². The van der Waals surface area contributed by atoms with Crippen LogP contribution in [0.4, 0.5) is 5.69 Å². The van der Waals surface area contributed by atoms with Gasteiger partial charge in [0.15, 0.2) is 5.96 Å². The predicted octanol–water partition coefficient (Wildman–Crippen LogP) is 2.40. The quantitative estimate of drug-likeness (QED) is 0.291. The van der Waals surface area contributed by atoms with Crippen LogP contribution in [-0.2, 0) is 11.3 Å². The second-order valence-electron chi connectivity index (χ2n) is 7.02. The molecule has 156 valence electrons. The molecule has 1 aromatic carbocycles. The van der Waals surface area contributed by atoms with Gasteiger partial charge in [-0.2, -0.15) is 0 Å². The SMILES string of the molecule is CCC(CC)C(CNC(=NC)NCc1ccc([N+](=O)[O-])cc1)N1CCOCC1. The maximum atomic E-state index is 10.8. The van der Waals surface area contributed by atoms with Crippen molar-refractivity contribution in [2.45, 2.75) is 39.3 Å². The van der Waals surface area contributed by atoms with Crippen LogP contribution >= 0.6 is 0 Å². The Labute approximate surface area is 167 Å². The van der Waals surface area contributed by atoms with E-state index in [4.69, 9.17) is 4.74 Å². The fraction of sp³-hybridized carbons (Fsp3) is 0.650. The Bertz CT molecular complexity index is 625. The topological polar surface area (TPSA) is 92.0 Å². The molecule has 0 bridgehead atoms. The number of nitrogens with one attached hydrogen (secondary N) is 2. The van der Waals surface area contributed by atoms with Gasteiger partial charge in [0.25, 0.3) is 5.69 Å². The standard InChI is InChI=1S/C20H33N5O3/c1-4-17(5-2)19(24-10-12-28-13-11-24)15-23-20(21-3)22-14-16-6-8-18(9-7-16)25(26)27/h6-9,17,19H,4-5,10-15H2,1-3H3,(H2,21,22,23). The van der Waals surface area contributed by atoms with E-state index in [0.717, 1.165) is 57.2 Å². The molecule has 1 saturated heterocycles. The number of hydrogen-bond acceptors (Lipinski definition) is 5. The molecule has 1 aliphatic heterocycles. The largest absolute Gasteiger partial charge is 0.379 e. The highest BCUT2D eigenvalue weighted by atomic mass is 16.6. The summed E-state index contributed by atoms with van der Waals surface area (Å²) in [5, 5.41) is 17.5. The number of aliphatic imine (C=N–C) groups is 1. The number of rotatable bonds is 9. The molecule has 1 aliphatic rings. The molecule has 2 rings (SSSR count). The number of nitrogens with zero attached hydrogens (tertiary/aromatic N) is 3. The van der Waals surface area contributed by atoms with Crippen molar-refractivity contribution in [1.29, 1.82) is 0 Å². The van der Waals surface area contributed by atoms with E-state index in [9.17, 15) is 10.1 Å². The first-order valence-electron chi connectivity index (χ1n) is 10.1. The Morgan fingerprint density at radius 3 is 2.39 bits per heavy atom. The molecule has 1 fully saturated rings. The van der Waals surface area contributed by atoms with Crippen molar-refractivity contribution in [1.82, 2.24) is 15.5 Å². The lowest BCUT2D eigenvalue weighted by molar-refractivity contribution is -0.384. The molecule has 0 aliphatic carbocycles. The van der Waals surface area contributed by atoms with E-state index in [2.05, 4.69) is 34.4 Å². The van der Waals surface area contributed by atoms with Gasteiger partial charge in [0, 0.05) is 51.4 Å². The third kappa shape index (κ3) is 6.45. The molecule has 8 heteroatoms. The number of non-ortho nitro benzene ring substituents is 1. The van der Waals surface area contributed by atoms with Crippen LogP contribution in [0.25, 0.3) is 0 Å². The summed E-state index contributed by atoms with van der Waals surface area (Å²) in [6, 6.07) is 7.01. The van der Waals surface area contributed by atoms with Crippen molar-refractivity contribution in [2.24, 2.45) is 10.9 Å². The maximum Gasteiger partial charge on any atom is 0.269 e. The van der Waals surface area contributed by atoms with Gasteiger partial charge in [-0.1, -0.05) is 38.8 Å². The second kappa shape index (κ2) is 11.6. The van der Waals surface area contributed by atoms with Crippen molar-refractivity contribution in [2.75, 3.05) is 39.9 Å². The highest BCUT2D eigenvalue weighted by Gasteiger charge is 2.26. The van der Waals surface area contributed by atoms with E-state index in [1.165, 1.54) is 12.1 Å². The summed E-state index contributed by atoms with van der Waals surface area (Å²) in [5.74, 6) is 1.36. The van der Waals surface area contributed by atoms with Crippen LogP contribution in [0.2, 0.25) is 0 Å². The van der Waals surface area contributed by atoms with E-state index in [1.807, 2.05) is 0 Å². The molecule has 2 N–H and O–H groups in total.